The lowest BCUT2D eigenvalue weighted by molar-refractivity contribution is 0.143. The SMILES string of the molecule is CN=CC(=C(N)c1ccnc(OCCOC)c1)c1cnc2ccc(Nc3cc(C(C)C)cnn3)nc2c1. The first-order valence-corrected chi connectivity index (χ1v) is 11.9. The van der Waals surface area contributed by atoms with E-state index in [1.165, 1.54) is 0 Å². The zero-order chi connectivity index (χ0) is 26.2. The number of nitrogens with one attached hydrogen (secondary N) is 1. The van der Waals surface area contributed by atoms with Crippen LogP contribution in [-0.2, 0) is 4.74 Å². The third-order valence-electron chi connectivity index (χ3n) is 5.58. The highest BCUT2D eigenvalue weighted by Gasteiger charge is 2.12. The van der Waals surface area contributed by atoms with Crippen LogP contribution in [-0.4, -0.2) is 58.7 Å². The Bertz CT molecular complexity index is 1440. The summed E-state index contributed by atoms with van der Waals surface area (Å²) >= 11 is 0. The summed E-state index contributed by atoms with van der Waals surface area (Å²) in [6.07, 6.45) is 6.89. The summed E-state index contributed by atoms with van der Waals surface area (Å²) in [6, 6.07) is 11.3. The first-order chi connectivity index (χ1) is 18.0. The quantitative estimate of drug-likeness (QED) is 0.243. The summed E-state index contributed by atoms with van der Waals surface area (Å²) in [5.74, 6) is 2.07. The van der Waals surface area contributed by atoms with E-state index in [1.807, 2.05) is 30.3 Å². The second-order valence-electron chi connectivity index (χ2n) is 8.55. The van der Waals surface area contributed by atoms with Crippen LogP contribution in [0.25, 0.3) is 22.3 Å². The number of aromatic nitrogens is 5. The number of methoxy groups -OCH3 is 1. The van der Waals surface area contributed by atoms with Crippen LogP contribution in [0, 0.1) is 0 Å². The predicted octanol–water partition coefficient (Wildman–Crippen LogP) is 4.23. The average Bonchev–Trinajstić information content (AvgIpc) is 2.91. The second-order valence-corrected chi connectivity index (χ2v) is 8.55. The minimum Gasteiger partial charge on any atom is -0.475 e. The number of anilines is 2. The van der Waals surface area contributed by atoms with Gasteiger partial charge in [-0.05, 0) is 41.8 Å². The van der Waals surface area contributed by atoms with Gasteiger partial charge in [-0.3, -0.25) is 9.98 Å². The Morgan fingerprint density at radius 1 is 1.03 bits per heavy atom. The molecular weight excluding hydrogens is 468 g/mol. The molecule has 10 nitrogen and oxygen atoms in total. The Morgan fingerprint density at radius 2 is 1.89 bits per heavy atom. The molecule has 4 rings (SSSR count). The van der Waals surface area contributed by atoms with Crippen molar-refractivity contribution in [2.45, 2.75) is 19.8 Å². The van der Waals surface area contributed by atoms with Crippen LogP contribution in [0.1, 0.15) is 36.5 Å². The molecule has 4 aromatic heterocycles. The van der Waals surface area contributed by atoms with Gasteiger partial charge in [0.25, 0.3) is 0 Å². The lowest BCUT2D eigenvalue weighted by Crippen LogP contribution is -2.07. The molecule has 0 aliphatic heterocycles. The molecule has 10 heteroatoms. The number of fused-ring (bicyclic) bond motifs is 1. The molecule has 4 heterocycles. The van der Waals surface area contributed by atoms with Crippen molar-refractivity contribution < 1.29 is 9.47 Å². The van der Waals surface area contributed by atoms with E-state index < -0.39 is 0 Å². The Labute approximate surface area is 215 Å². The third-order valence-corrected chi connectivity index (χ3v) is 5.58. The van der Waals surface area contributed by atoms with Crippen molar-refractivity contribution in [3.05, 3.63) is 71.7 Å². The molecule has 0 unspecified atom stereocenters. The van der Waals surface area contributed by atoms with Crippen LogP contribution in [0.4, 0.5) is 11.6 Å². The van der Waals surface area contributed by atoms with Crippen LogP contribution < -0.4 is 15.8 Å². The topological polar surface area (TPSA) is 133 Å². The fourth-order valence-corrected chi connectivity index (χ4v) is 3.58. The van der Waals surface area contributed by atoms with Crippen LogP contribution >= 0.6 is 0 Å². The molecule has 0 aliphatic rings. The fraction of sp³-hybridized carbons (Fsp3) is 0.259. The van der Waals surface area contributed by atoms with Gasteiger partial charge in [0.15, 0.2) is 5.82 Å². The molecule has 190 valence electrons. The summed E-state index contributed by atoms with van der Waals surface area (Å²) < 4.78 is 10.7. The lowest BCUT2D eigenvalue weighted by Gasteiger charge is -2.12. The van der Waals surface area contributed by atoms with Crippen LogP contribution in [0.3, 0.4) is 0 Å². The number of aliphatic imine (C=N–C) groups is 1. The van der Waals surface area contributed by atoms with Gasteiger partial charge in [-0.25, -0.2) is 9.97 Å². The number of pyridine rings is 3. The molecule has 3 N–H and O–H groups in total. The third kappa shape index (κ3) is 6.42. The fourth-order valence-electron chi connectivity index (χ4n) is 3.58. The zero-order valence-corrected chi connectivity index (χ0v) is 21.3. The van der Waals surface area contributed by atoms with Crippen LogP contribution in [0.2, 0.25) is 0 Å². The number of rotatable bonds is 10. The Morgan fingerprint density at radius 3 is 2.68 bits per heavy atom. The smallest absolute Gasteiger partial charge is 0.213 e. The maximum atomic E-state index is 6.60. The second kappa shape index (κ2) is 12.0. The van der Waals surface area contributed by atoms with Crippen molar-refractivity contribution in [2.24, 2.45) is 10.7 Å². The molecule has 0 saturated heterocycles. The van der Waals surface area contributed by atoms with Gasteiger partial charge < -0.3 is 20.5 Å². The number of allylic oxidation sites excluding steroid dienone is 1. The molecule has 0 aromatic carbocycles. The first kappa shape index (κ1) is 25.6. The predicted molar refractivity (Wildman–Crippen MR) is 146 cm³/mol. The molecule has 0 aliphatic carbocycles. The van der Waals surface area contributed by atoms with Gasteiger partial charge >= 0.3 is 0 Å². The normalized spacial score (nSPS) is 12.2. The van der Waals surface area contributed by atoms with Crippen molar-refractivity contribution in [3.63, 3.8) is 0 Å². The van der Waals surface area contributed by atoms with Crippen molar-refractivity contribution in [3.8, 4) is 5.88 Å². The molecule has 0 spiro atoms. The Hall–Kier alpha value is -4.44. The maximum absolute atomic E-state index is 6.60. The number of ether oxygens (including phenoxy) is 2. The summed E-state index contributed by atoms with van der Waals surface area (Å²) in [5, 5.41) is 11.5. The molecule has 0 saturated carbocycles. The molecule has 0 bridgehead atoms. The van der Waals surface area contributed by atoms with Gasteiger partial charge in [-0.1, -0.05) is 13.8 Å². The van der Waals surface area contributed by atoms with Gasteiger partial charge in [0, 0.05) is 61.2 Å². The largest absolute Gasteiger partial charge is 0.475 e. The molecule has 0 radical (unpaired) electrons. The van der Waals surface area contributed by atoms with Crippen molar-refractivity contribution in [1.29, 1.82) is 0 Å². The van der Waals surface area contributed by atoms with Crippen molar-refractivity contribution in [2.75, 3.05) is 32.7 Å². The van der Waals surface area contributed by atoms with E-state index in [9.17, 15) is 0 Å². The Balaban J connectivity index is 1.67. The van der Waals surface area contributed by atoms with Gasteiger partial charge in [0.2, 0.25) is 5.88 Å². The van der Waals surface area contributed by atoms with E-state index in [2.05, 4.69) is 44.3 Å². The molecule has 0 amide bonds. The van der Waals surface area contributed by atoms with E-state index in [-0.39, 0.29) is 0 Å². The summed E-state index contributed by atoms with van der Waals surface area (Å²) in [6.45, 7) is 5.08. The number of hydrogen-bond donors (Lipinski definition) is 2. The Kier molecular flexibility index (Phi) is 8.32. The van der Waals surface area contributed by atoms with E-state index in [1.54, 1.807) is 45.0 Å². The highest BCUT2D eigenvalue weighted by atomic mass is 16.5. The summed E-state index contributed by atoms with van der Waals surface area (Å²) in [4.78, 5) is 17.8. The number of hydrogen-bond acceptors (Lipinski definition) is 10. The molecule has 4 aromatic rings. The highest BCUT2D eigenvalue weighted by molar-refractivity contribution is 6.19. The minimum atomic E-state index is 0.344. The van der Waals surface area contributed by atoms with E-state index in [0.717, 1.165) is 22.2 Å². The van der Waals surface area contributed by atoms with E-state index in [0.29, 0.717) is 53.4 Å². The lowest BCUT2D eigenvalue weighted by atomic mass is 10.0. The number of nitrogens with two attached hydrogens (primary N) is 1. The van der Waals surface area contributed by atoms with Crippen molar-refractivity contribution in [1.82, 2.24) is 25.1 Å². The molecular formula is C27H30N8O2. The highest BCUT2D eigenvalue weighted by Crippen LogP contribution is 2.26. The van der Waals surface area contributed by atoms with E-state index >= 15 is 0 Å². The molecule has 0 fully saturated rings. The van der Waals surface area contributed by atoms with Crippen LogP contribution in [0.5, 0.6) is 5.88 Å². The van der Waals surface area contributed by atoms with Gasteiger partial charge in [-0.2, -0.15) is 5.10 Å². The zero-order valence-electron chi connectivity index (χ0n) is 21.3. The van der Waals surface area contributed by atoms with Crippen molar-refractivity contribution >= 4 is 40.2 Å². The average molecular weight is 499 g/mol. The minimum absolute atomic E-state index is 0.344. The first-order valence-electron chi connectivity index (χ1n) is 11.9. The van der Waals surface area contributed by atoms with Gasteiger partial charge in [0.05, 0.1) is 23.8 Å². The maximum Gasteiger partial charge on any atom is 0.213 e. The number of nitrogens with zero attached hydrogens (tertiary/aromatic N) is 6. The van der Waals surface area contributed by atoms with E-state index in [4.69, 9.17) is 20.2 Å². The monoisotopic (exact) mass is 498 g/mol. The van der Waals surface area contributed by atoms with Crippen LogP contribution in [0.15, 0.2) is 60.0 Å². The summed E-state index contributed by atoms with van der Waals surface area (Å²) in [5.41, 5.74) is 11.9. The standard InChI is InChI=1S/C27H30N8O2/c1-17(2)19-12-25(35-32-15-19)34-24-6-5-22-23(33-24)11-20(14-31-22)21(16-29-3)27(28)18-7-8-30-26(13-18)37-10-9-36-4/h5-8,11-17H,9-10,28H2,1-4H3,(H,33,34,35). The van der Waals surface area contributed by atoms with Gasteiger partial charge in [0.1, 0.15) is 12.4 Å². The molecule has 0 atom stereocenters. The summed E-state index contributed by atoms with van der Waals surface area (Å²) in [7, 11) is 3.31. The van der Waals surface area contributed by atoms with Gasteiger partial charge in [-0.15, -0.1) is 5.10 Å². The molecule has 37 heavy (non-hydrogen) atoms.